The van der Waals surface area contributed by atoms with Gasteiger partial charge in [-0.2, -0.15) is 0 Å². The number of carbonyl (C=O) groups is 4. The topological polar surface area (TPSA) is 175 Å². The molecule has 330 valence electrons. The van der Waals surface area contributed by atoms with E-state index < -0.39 is 35.5 Å². The number of benzene rings is 2. The quantitative estimate of drug-likeness (QED) is 0.115. The van der Waals surface area contributed by atoms with Gasteiger partial charge in [-0.15, -0.1) is 0 Å². The SMILES string of the molecule is CC(C)[C@H](NC(=O)OC(C)(C)C)C(=O)N1CCC[C@H]1c1ncc(-c2ccc(C#Cc3ccc(-c4cnc([C@@H]5CCCN5C(=O)[C@@H](NC(=O)OC(C)(C)C)C(C)C)[nH]4)cc3)cc2)[nH]1. The number of rotatable bonds is 10. The van der Waals surface area contributed by atoms with Gasteiger partial charge in [0.15, 0.2) is 0 Å². The second kappa shape index (κ2) is 18.9. The summed E-state index contributed by atoms with van der Waals surface area (Å²) in [5.41, 5.74) is 3.95. The van der Waals surface area contributed by atoms with Gasteiger partial charge in [0.05, 0.1) is 35.9 Å². The Balaban J connectivity index is 1.06. The van der Waals surface area contributed by atoms with Crippen molar-refractivity contribution in [3.8, 4) is 34.4 Å². The smallest absolute Gasteiger partial charge is 0.408 e. The van der Waals surface area contributed by atoms with Gasteiger partial charge in [0, 0.05) is 24.2 Å². The lowest BCUT2D eigenvalue weighted by molar-refractivity contribution is -0.136. The van der Waals surface area contributed by atoms with Gasteiger partial charge in [-0.3, -0.25) is 9.59 Å². The van der Waals surface area contributed by atoms with Crippen molar-refractivity contribution in [2.24, 2.45) is 11.8 Å². The maximum absolute atomic E-state index is 13.8. The number of ether oxygens (including phenoxy) is 2. The van der Waals surface area contributed by atoms with E-state index in [-0.39, 0.29) is 35.7 Å². The molecule has 4 aromatic rings. The third-order valence-electron chi connectivity index (χ3n) is 10.8. The van der Waals surface area contributed by atoms with Gasteiger partial charge in [0.1, 0.15) is 34.9 Å². The van der Waals surface area contributed by atoms with Gasteiger partial charge >= 0.3 is 12.2 Å². The zero-order chi connectivity index (χ0) is 44.9. The number of alkyl carbamates (subject to hydrolysis) is 2. The molecule has 0 bridgehead atoms. The first-order valence-corrected chi connectivity index (χ1v) is 21.7. The number of amides is 4. The minimum Gasteiger partial charge on any atom is -0.444 e. The van der Waals surface area contributed by atoms with Crippen LogP contribution in [-0.2, 0) is 19.1 Å². The van der Waals surface area contributed by atoms with E-state index in [0.29, 0.717) is 24.7 Å². The Morgan fingerprint density at radius 1 is 0.629 bits per heavy atom. The van der Waals surface area contributed by atoms with Crippen molar-refractivity contribution in [3.63, 3.8) is 0 Å². The lowest BCUT2D eigenvalue weighted by Gasteiger charge is -2.31. The van der Waals surface area contributed by atoms with Crippen LogP contribution in [0.4, 0.5) is 9.59 Å². The van der Waals surface area contributed by atoms with E-state index in [9.17, 15) is 19.2 Å². The van der Waals surface area contributed by atoms with Crippen LogP contribution in [0.25, 0.3) is 22.5 Å². The normalized spacial score (nSPS) is 17.7. The first-order chi connectivity index (χ1) is 29.3. The van der Waals surface area contributed by atoms with E-state index >= 15 is 0 Å². The second-order valence-corrected chi connectivity index (χ2v) is 18.9. The fourth-order valence-corrected chi connectivity index (χ4v) is 7.80. The molecule has 0 aliphatic carbocycles. The number of hydrogen-bond donors (Lipinski definition) is 4. The van der Waals surface area contributed by atoms with Gasteiger partial charge < -0.3 is 39.9 Å². The van der Waals surface area contributed by atoms with Crippen molar-refractivity contribution in [1.82, 2.24) is 40.4 Å². The van der Waals surface area contributed by atoms with Crippen molar-refractivity contribution < 1.29 is 28.7 Å². The highest BCUT2D eigenvalue weighted by molar-refractivity contribution is 5.87. The molecule has 0 saturated carbocycles. The number of carbonyl (C=O) groups excluding carboxylic acids is 4. The molecular weight excluding hydrogens is 785 g/mol. The summed E-state index contributed by atoms with van der Waals surface area (Å²) in [6.07, 6.45) is 5.58. The van der Waals surface area contributed by atoms with Gasteiger partial charge in [0.2, 0.25) is 11.8 Å². The Bertz CT molecular complexity index is 2110. The molecule has 14 heteroatoms. The number of aromatic nitrogens is 4. The molecule has 62 heavy (non-hydrogen) atoms. The molecule has 2 aliphatic rings. The summed E-state index contributed by atoms with van der Waals surface area (Å²) in [6.45, 7) is 19.6. The lowest BCUT2D eigenvalue weighted by atomic mass is 10.0. The first kappa shape index (κ1) is 45.4. The fourth-order valence-electron chi connectivity index (χ4n) is 7.80. The summed E-state index contributed by atoms with van der Waals surface area (Å²) in [5, 5.41) is 5.59. The Kier molecular flexibility index (Phi) is 13.8. The van der Waals surface area contributed by atoms with E-state index in [2.05, 4.69) is 42.4 Å². The Hall–Kier alpha value is -6.10. The van der Waals surface area contributed by atoms with E-state index in [1.165, 1.54) is 0 Å². The number of imidazole rings is 2. The van der Waals surface area contributed by atoms with Crippen LogP contribution in [0.3, 0.4) is 0 Å². The Labute approximate surface area is 365 Å². The van der Waals surface area contributed by atoms with Crippen molar-refractivity contribution in [3.05, 3.63) is 83.7 Å². The van der Waals surface area contributed by atoms with Gasteiger partial charge in [-0.1, -0.05) is 63.8 Å². The molecule has 2 aromatic carbocycles. The van der Waals surface area contributed by atoms with E-state index in [1.807, 2.05) is 86.0 Å². The second-order valence-electron chi connectivity index (χ2n) is 18.9. The average molecular weight is 847 g/mol. The molecule has 0 radical (unpaired) electrons. The minimum atomic E-state index is -0.717. The molecule has 4 heterocycles. The predicted molar refractivity (Wildman–Crippen MR) is 237 cm³/mol. The molecule has 4 N–H and O–H groups in total. The van der Waals surface area contributed by atoms with Crippen LogP contribution in [0.5, 0.6) is 0 Å². The summed E-state index contributed by atoms with van der Waals surface area (Å²) >= 11 is 0. The molecule has 2 aromatic heterocycles. The summed E-state index contributed by atoms with van der Waals surface area (Å²) in [6, 6.07) is 14.0. The van der Waals surface area contributed by atoms with Gasteiger partial charge in [-0.05, 0) is 114 Å². The van der Waals surface area contributed by atoms with E-state index in [1.54, 1.807) is 53.9 Å². The zero-order valence-electron chi connectivity index (χ0n) is 37.7. The van der Waals surface area contributed by atoms with Gasteiger partial charge in [0.25, 0.3) is 0 Å². The van der Waals surface area contributed by atoms with Crippen molar-refractivity contribution in [1.29, 1.82) is 0 Å². The van der Waals surface area contributed by atoms with Crippen LogP contribution in [0.15, 0.2) is 60.9 Å². The maximum atomic E-state index is 13.8. The van der Waals surface area contributed by atoms with Crippen LogP contribution in [-0.4, -0.2) is 90.1 Å². The van der Waals surface area contributed by atoms with Crippen LogP contribution in [0.1, 0.15) is 130 Å². The van der Waals surface area contributed by atoms with E-state index in [0.717, 1.165) is 59.3 Å². The highest BCUT2D eigenvalue weighted by Crippen LogP contribution is 2.34. The summed E-state index contributed by atoms with van der Waals surface area (Å²) < 4.78 is 10.9. The lowest BCUT2D eigenvalue weighted by Crippen LogP contribution is -2.52. The standard InChI is InChI=1S/C48H62N8O6/c1-29(2)39(53-45(59)61-47(5,6)7)43(57)55-25-11-13-37(55)41-49-27-35(51-41)33-21-17-31(18-22-33)15-16-32-19-23-34(24-20-32)36-28-50-42(52-36)38-14-12-26-56(38)44(58)40(30(3)4)54-46(60)62-48(8,9)10/h17-24,27-30,37-40H,11-14,25-26H2,1-10H3,(H,49,51)(H,50,52)(H,53,59)(H,54,60)/t37-,38-,39-,40-/m0/s1. The third-order valence-corrected chi connectivity index (χ3v) is 10.8. The fraction of sp³-hybridized carbons (Fsp3) is 0.500. The van der Waals surface area contributed by atoms with E-state index in [4.69, 9.17) is 9.47 Å². The Morgan fingerprint density at radius 2 is 0.984 bits per heavy atom. The molecule has 2 fully saturated rings. The molecule has 4 atom stereocenters. The molecule has 0 unspecified atom stereocenters. The van der Waals surface area contributed by atoms with Crippen LogP contribution in [0.2, 0.25) is 0 Å². The molecule has 0 spiro atoms. The molecular formula is C48H62N8O6. The number of nitrogens with one attached hydrogen (secondary N) is 4. The van der Waals surface area contributed by atoms with Crippen molar-refractivity contribution in [2.45, 2.75) is 130 Å². The molecule has 2 saturated heterocycles. The molecule has 14 nitrogen and oxygen atoms in total. The number of nitrogens with zero attached hydrogens (tertiary/aromatic N) is 4. The minimum absolute atomic E-state index is 0.128. The van der Waals surface area contributed by atoms with Gasteiger partial charge in [-0.25, -0.2) is 19.6 Å². The Morgan fingerprint density at radius 3 is 1.31 bits per heavy atom. The highest BCUT2D eigenvalue weighted by Gasteiger charge is 2.39. The van der Waals surface area contributed by atoms with Crippen LogP contribution in [0, 0.1) is 23.7 Å². The summed E-state index contributed by atoms with van der Waals surface area (Å²) in [4.78, 5) is 72.5. The summed E-state index contributed by atoms with van der Waals surface area (Å²) in [5.74, 6) is 7.39. The van der Waals surface area contributed by atoms with Crippen molar-refractivity contribution in [2.75, 3.05) is 13.1 Å². The largest absolute Gasteiger partial charge is 0.444 e. The number of H-pyrrole nitrogens is 2. The molecule has 4 amide bonds. The number of likely N-dealkylation sites (tertiary alicyclic amines) is 2. The monoisotopic (exact) mass is 846 g/mol. The zero-order valence-corrected chi connectivity index (χ0v) is 37.7. The average Bonchev–Trinajstić information content (AvgIpc) is 4.03. The predicted octanol–water partition coefficient (Wildman–Crippen LogP) is 8.29. The summed E-state index contributed by atoms with van der Waals surface area (Å²) in [7, 11) is 0. The van der Waals surface area contributed by atoms with Crippen LogP contribution >= 0.6 is 0 Å². The molecule has 2 aliphatic heterocycles. The van der Waals surface area contributed by atoms with Crippen molar-refractivity contribution >= 4 is 24.0 Å². The van der Waals surface area contributed by atoms with Crippen LogP contribution < -0.4 is 10.6 Å². The first-order valence-electron chi connectivity index (χ1n) is 21.7. The maximum Gasteiger partial charge on any atom is 0.408 e. The highest BCUT2D eigenvalue weighted by atomic mass is 16.6. The third kappa shape index (κ3) is 11.4. The number of hydrogen-bond acceptors (Lipinski definition) is 8. The number of aromatic amines is 2. The molecule has 6 rings (SSSR count).